The second-order valence-corrected chi connectivity index (χ2v) is 7.91. The average molecular weight is 362 g/mol. The lowest BCUT2D eigenvalue weighted by Crippen LogP contribution is -2.37. The molecule has 0 atom stereocenters. The van der Waals surface area contributed by atoms with Crippen molar-refractivity contribution in [3.8, 4) is 11.5 Å². The van der Waals surface area contributed by atoms with Gasteiger partial charge in [-0.15, -0.1) is 0 Å². The Bertz CT molecular complexity index is 832. The Morgan fingerprint density at radius 1 is 1.12 bits per heavy atom. The zero-order chi connectivity index (χ0) is 18.4. The molecule has 0 aliphatic heterocycles. The molecule has 0 spiro atoms. The first-order valence-electron chi connectivity index (χ1n) is 7.76. The number of nitrogens with zero attached hydrogens (tertiary/aromatic N) is 1. The van der Waals surface area contributed by atoms with Gasteiger partial charge in [-0.3, -0.25) is 4.79 Å². The molecule has 2 rings (SSSR count). The van der Waals surface area contributed by atoms with Gasteiger partial charge in [-0.2, -0.15) is 4.31 Å². The van der Waals surface area contributed by atoms with Crippen molar-refractivity contribution >= 4 is 15.9 Å². The van der Waals surface area contributed by atoms with Crippen LogP contribution in [0.4, 0.5) is 0 Å². The molecule has 0 unspecified atom stereocenters. The predicted molar refractivity (Wildman–Crippen MR) is 97.0 cm³/mol. The van der Waals surface area contributed by atoms with Gasteiger partial charge in [0.25, 0.3) is 0 Å². The molecule has 0 aromatic heterocycles. The summed E-state index contributed by atoms with van der Waals surface area (Å²) in [4.78, 5) is 11.9. The van der Waals surface area contributed by atoms with Gasteiger partial charge in [0.05, 0.1) is 12.8 Å². The van der Waals surface area contributed by atoms with Gasteiger partial charge >= 0.3 is 0 Å². The first-order valence-corrected chi connectivity index (χ1v) is 9.61. The molecule has 1 amide bonds. The van der Waals surface area contributed by atoms with Gasteiger partial charge in [0.1, 0.15) is 11.5 Å². The first kappa shape index (κ1) is 19.0. The minimum absolute atomic E-state index is 0.222. The van der Waals surface area contributed by atoms with E-state index in [-0.39, 0.29) is 19.0 Å². The van der Waals surface area contributed by atoms with E-state index in [0.29, 0.717) is 11.5 Å². The monoisotopic (exact) mass is 362 g/mol. The molecule has 0 heterocycles. The number of likely N-dealkylation sites (N-methyl/N-ethyl adjacent to an activating group) is 1. The largest absolute Gasteiger partial charge is 0.457 e. The van der Waals surface area contributed by atoms with Gasteiger partial charge in [0.2, 0.25) is 15.9 Å². The number of hydrogen-bond acceptors (Lipinski definition) is 4. The average Bonchev–Trinajstić information content (AvgIpc) is 2.55. The number of rotatable bonds is 7. The Morgan fingerprint density at radius 3 is 2.40 bits per heavy atom. The summed E-state index contributed by atoms with van der Waals surface area (Å²) in [5.41, 5.74) is 1.95. The molecule has 2 aromatic rings. The number of ether oxygens (including phenoxy) is 1. The molecule has 0 saturated carbocycles. The SMILES string of the molecule is Cc1ccc(Oc2ccccc2CNC(=O)CN(C)S(C)(=O)=O)cc1. The second-order valence-electron chi connectivity index (χ2n) is 5.82. The van der Waals surface area contributed by atoms with Crippen LogP contribution in [0.15, 0.2) is 48.5 Å². The van der Waals surface area contributed by atoms with E-state index in [9.17, 15) is 13.2 Å². The molecule has 0 aliphatic rings. The lowest BCUT2D eigenvalue weighted by Gasteiger charge is -2.15. The number of amides is 1. The molecule has 0 saturated heterocycles. The van der Waals surface area contributed by atoms with Crippen molar-refractivity contribution < 1.29 is 17.9 Å². The number of nitrogens with one attached hydrogen (secondary N) is 1. The summed E-state index contributed by atoms with van der Waals surface area (Å²) in [6, 6.07) is 15.1. The highest BCUT2D eigenvalue weighted by Crippen LogP contribution is 2.25. The number of aryl methyl sites for hydroxylation is 1. The van der Waals surface area contributed by atoms with E-state index < -0.39 is 10.0 Å². The van der Waals surface area contributed by atoms with Crippen LogP contribution in [-0.2, 0) is 21.4 Å². The van der Waals surface area contributed by atoms with E-state index >= 15 is 0 Å². The molecule has 7 heteroatoms. The van der Waals surface area contributed by atoms with E-state index in [4.69, 9.17) is 4.74 Å². The molecule has 0 bridgehead atoms. The van der Waals surface area contributed by atoms with Crippen molar-refractivity contribution in [2.45, 2.75) is 13.5 Å². The molecular formula is C18H22N2O4S. The normalized spacial score (nSPS) is 11.4. The summed E-state index contributed by atoms with van der Waals surface area (Å²) in [5, 5.41) is 2.71. The number of carbonyl (C=O) groups is 1. The first-order chi connectivity index (χ1) is 11.8. The molecule has 0 aliphatic carbocycles. The minimum atomic E-state index is -3.39. The van der Waals surface area contributed by atoms with Crippen molar-refractivity contribution in [2.24, 2.45) is 0 Å². The van der Waals surface area contributed by atoms with E-state index in [2.05, 4.69) is 5.32 Å². The molecule has 1 N–H and O–H groups in total. The fourth-order valence-corrected chi connectivity index (χ4v) is 2.40. The van der Waals surface area contributed by atoms with Crippen molar-refractivity contribution in [3.05, 3.63) is 59.7 Å². The van der Waals surface area contributed by atoms with Crippen molar-refractivity contribution in [3.63, 3.8) is 0 Å². The van der Waals surface area contributed by atoms with Crippen LogP contribution in [-0.4, -0.2) is 38.5 Å². The Balaban J connectivity index is 2.01. The molecule has 134 valence electrons. The zero-order valence-corrected chi connectivity index (χ0v) is 15.3. The zero-order valence-electron chi connectivity index (χ0n) is 14.5. The highest BCUT2D eigenvalue weighted by Gasteiger charge is 2.15. The minimum Gasteiger partial charge on any atom is -0.457 e. The second kappa shape index (κ2) is 8.13. The maximum atomic E-state index is 11.9. The van der Waals surface area contributed by atoms with Crippen LogP contribution < -0.4 is 10.1 Å². The maximum absolute atomic E-state index is 11.9. The molecule has 0 fully saturated rings. The van der Waals surface area contributed by atoms with Gasteiger partial charge in [-0.05, 0) is 25.1 Å². The predicted octanol–water partition coefficient (Wildman–Crippen LogP) is 2.29. The van der Waals surface area contributed by atoms with Crippen LogP contribution in [0.5, 0.6) is 11.5 Å². The fourth-order valence-electron chi connectivity index (χ4n) is 2.05. The summed E-state index contributed by atoms with van der Waals surface area (Å²) in [6.07, 6.45) is 1.06. The molecule has 2 aromatic carbocycles. The fraction of sp³-hybridized carbons (Fsp3) is 0.278. The van der Waals surface area contributed by atoms with E-state index in [1.54, 1.807) is 0 Å². The van der Waals surface area contributed by atoms with Crippen LogP contribution in [0.3, 0.4) is 0 Å². The summed E-state index contributed by atoms with van der Waals surface area (Å²) in [7, 11) is -2.02. The van der Waals surface area contributed by atoms with Gasteiger partial charge < -0.3 is 10.1 Å². The molecular weight excluding hydrogens is 340 g/mol. The number of carbonyl (C=O) groups excluding carboxylic acids is 1. The quantitative estimate of drug-likeness (QED) is 0.820. The van der Waals surface area contributed by atoms with Gasteiger partial charge in [-0.1, -0.05) is 35.9 Å². The summed E-state index contributed by atoms with van der Waals surface area (Å²) >= 11 is 0. The Labute approximate surface area is 148 Å². The summed E-state index contributed by atoms with van der Waals surface area (Å²) in [6.45, 7) is 2.03. The molecule has 0 radical (unpaired) electrons. The highest BCUT2D eigenvalue weighted by molar-refractivity contribution is 7.88. The number of sulfonamides is 1. The van der Waals surface area contributed by atoms with Crippen molar-refractivity contribution in [1.29, 1.82) is 0 Å². The van der Waals surface area contributed by atoms with E-state index in [0.717, 1.165) is 21.7 Å². The van der Waals surface area contributed by atoms with Crippen LogP contribution in [0.25, 0.3) is 0 Å². The van der Waals surface area contributed by atoms with Gasteiger partial charge in [0.15, 0.2) is 0 Å². The molecule has 6 nitrogen and oxygen atoms in total. The number of para-hydroxylation sites is 1. The number of benzene rings is 2. The smallest absolute Gasteiger partial charge is 0.235 e. The Kier molecular flexibility index (Phi) is 6.17. The van der Waals surface area contributed by atoms with Crippen LogP contribution in [0.2, 0.25) is 0 Å². The molecule has 25 heavy (non-hydrogen) atoms. The lowest BCUT2D eigenvalue weighted by atomic mass is 10.2. The Morgan fingerprint density at radius 2 is 1.76 bits per heavy atom. The van der Waals surface area contributed by atoms with E-state index in [1.807, 2.05) is 55.5 Å². The Hall–Kier alpha value is -2.38. The summed E-state index contributed by atoms with van der Waals surface area (Å²) in [5.74, 6) is 0.974. The van der Waals surface area contributed by atoms with Crippen LogP contribution >= 0.6 is 0 Å². The van der Waals surface area contributed by atoms with E-state index in [1.165, 1.54) is 7.05 Å². The standard InChI is InChI=1S/C18H22N2O4S/c1-14-8-10-16(11-9-14)24-17-7-5-4-6-15(17)12-19-18(21)13-20(2)25(3,22)23/h4-11H,12-13H2,1-3H3,(H,19,21). The van der Waals surface area contributed by atoms with Crippen LogP contribution in [0.1, 0.15) is 11.1 Å². The third-order valence-electron chi connectivity index (χ3n) is 3.63. The third-order valence-corrected chi connectivity index (χ3v) is 4.89. The topological polar surface area (TPSA) is 75.7 Å². The van der Waals surface area contributed by atoms with Crippen molar-refractivity contribution in [1.82, 2.24) is 9.62 Å². The van der Waals surface area contributed by atoms with Crippen molar-refractivity contribution in [2.75, 3.05) is 19.8 Å². The van der Waals surface area contributed by atoms with Crippen LogP contribution in [0, 0.1) is 6.92 Å². The van der Waals surface area contributed by atoms with Gasteiger partial charge in [-0.25, -0.2) is 8.42 Å². The number of hydrogen-bond donors (Lipinski definition) is 1. The highest BCUT2D eigenvalue weighted by atomic mass is 32.2. The third kappa shape index (κ3) is 5.88. The maximum Gasteiger partial charge on any atom is 0.235 e. The summed E-state index contributed by atoms with van der Waals surface area (Å²) < 4.78 is 29.6. The lowest BCUT2D eigenvalue weighted by molar-refractivity contribution is -0.121. The van der Waals surface area contributed by atoms with Gasteiger partial charge in [0, 0.05) is 19.2 Å².